The van der Waals surface area contributed by atoms with E-state index in [4.69, 9.17) is 10.5 Å². The first-order chi connectivity index (χ1) is 8.74. The molecular weight excluding hydrogens is 226 g/mol. The molecule has 1 saturated heterocycles. The summed E-state index contributed by atoms with van der Waals surface area (Å²) in [5.74, 6) is 0.922. The van der Waals surface area contributed by atoms with E-state index in [9.17, 15) is 0 Å². The lowest BCUT2D eigenvalue weighted by Crippen LogP contribution is -2.51. The van der Waals surface area contributed by atoms with Crippen LogP contribution in [0.3, 0.4) is 0 Å². The van der Waals surface area contributed by atoms with E-state index in [1.807, 2.05) is 12.1 Å². The third kappa shape index (κ3) is 2.94. The summed E-state index contributed by atoms with van der Waals surface area (Å²) >= 11 is 0. The van der Waals surface area contributed by atoms with Crippen LogP contribution >= 0.6 is 0 Å². The number of hydrogen-bond acceptors (Lipinski definition) is 4. The van der Waals surface area contributed by atoms with Gasteiger partial charge in [-0.15, -0.1) is 0 Å². The molecular formula is C14H23N3O. The molecule has 2 N–H and O–H groups in total. The lowest BCUT2D eigenvalue weighted by atomic mass is 10.2. The zero-order chi connectivity index (χ0) is 13.0. The Morgan fingerprint density at radius 1 is 1.28 bits per heavy atom. The fraction of sp³-hybridized carbons (Fsp3) is 0.571. The molecule has 0 amide bonds. The monoisotopic (exact) mass is 249 g/mol. The molecule has 2 rings (SSSR count). The zero-order valence-electron chi connectivity index (χ0n) is 11.3. The predicted molar refractivity (Wildman–Crippen MR) is 75.3 cm³/mol. The van der Waals surface area contributed by atoms with Crippen LogP contribution in [0.2, 0.25) is 0 Å². The molecule has 0 aromatic heterocycles. The topological polar surface area (TPSA) is 41.7 Å². The normalized spacial score (nSPS) is 18.7. The highest BCUT2D eigenvalue weighted by Gasteiger charge is 2.20. The van der Waals surface area contributed by atoms with Crippen LogP contribution in [0.15, 0.2) is 24.3 Å². The highest BCUT2D eigenvalue weighted by atomic mass is 16.5. The van der Waals surface area contributed by atoms with Crippen LogP contribution < -0.4 is 15.4 Å². The summed E-state index contributed by atoms with van der Waals surface area (Å²) in [6.45, 7) is 7.19. The number of hydrogen-bond donors (Lipinski definition) is 1. The van der Waals surface area contributed by atoms with Crippen molar-refractivity contribution in [3.63, 3.8) is 0 Å². The van der Waals surface area contributed by atoms with Crippen LogP contribution in [0.4, 0.5) is 5.69 Å². The van der Waals surface area contributed by atoms with E-state index >= 15 is 0 Å². The van der Waals surface area contributed by atoms with Gasteiger partial charge in [-0.3, -0.25) is 4.90 Å². The summed E-state index contributed by atoms with van der Waals surface area (Å²) in [5, 5.41) is 0. The van der Waals surface area contributed by atoms with E-state index in [0.717, 1.165) is 38.5 Å². The molecule has 0 spiro atoms. The number of rotatable bonds is 4. The summed E-state index contributed by atoms with van der Waals surface area (Å²) in [5.41, 5.74) is 6.96. The Bertz CT molecular complexity index is 375. The minimum Gasteiger partial charge on any atom is -0.497 e. The minimum atomic E-state index is 0.484. The fourth-order valence-corrected chi connectivity index (χ4v) is 2.38. The van der Waals surface area contributed by atoms with Crippen molar-refractivity contribution in [3.05, 3.63) is 24.3 Å². The van der Waals surface area contributed by atoms with E-state index in [2.05, 4.69) is 28.9 Å². The molecule has 0 saturated carbocycles. The number of piperazine rings is 1. The summed E-state index contributed by atoms with van der Waals surface area (Å²) in [6, 6.07) is 8.75. The molecule has 1 aromatic carbocycles. The molecule has 18 heavy (non-hydrogen) atoms. The first-order valence-corrected chi connectivity index (χ1v) is 6.57. The summed E-state index contributed by atoms with van der Waals surface area (Å²) < 4.78 is 5.27. The summed E-state index contributed by atoms with van der Waals surface area (Å²) in [7, 11) is 1.71. The Labute approximate surface area is 109 Å². The number of benzene rings is 1. The Hall–Kier alpha value is -1.26. The molecule has 1 aromatic rings. The summed E-state index contributed by atoms with van der Waals surface area (Å²) in [4.78, 5) is 4.86. The fourth-order valence-electron chi connectivity index (χ4n) is 2.38. The van der Waals surface area contributed by atoms with Crippen molar-refractivity contribution in [2.24, 2.45) is 5.73 Å². The van der Waals surface area contributed by atoms with Gasteiger partial charge < -0.3 is 15.4 Å². The average Bonchev–Trinajstić information content (AvgIpc) is 2.46. The second-order valence-corrected chi connectivity index (χ2v) is 4.81. The molecule has 0 bridgehead atoms. The van der Waals surface area contributed by atoms with Crippen molar-refractivity contribution < 1.29 is 4.74 Å². The number of ether oxygens (including phenoxy) is 1. The smallest absolute Gasteiger partial charge is 0.120 e. The molecule has 0 radical (unpaired) electrons. The van der Waals surface area contributed by atoms with Gasteiger partial charge in [0, 0.05) is 50.5 Å². The molecule has 100 valence electrons. The highest BCUT2D eigenvalue weighted by molar-refractivity contribution is 5.51. The second-order valence-electron chi connectivity index (χ2n) is 4.81. The first-order valence-electron chi connectivity index (χ1n) is 6.57. The van der Waals surface area contributed by atoms with Gasteiger partial charge in [-0.05, 0) is 19.1 Å². The Morgan fingerprint density at radius 3 is 2.61 bits per heavy atom. The lowest BCUT2D eigenvalue weighted by molar-refractivity contribution is 0.201. The van der Waals surface area contributed by atoms with Gasteiger partial charge >= 0.3 is 0 Å². The third-order valence-corrected chi connectivity index (χ3v) is 3.70. The Morgan fingerprint density at radius 2 is 2.00 bits per heavy atom. The van der Waals surface area contributed by atoms with Gasteiger partial charge in [-0.1, -0.05) is 6.07 Å². The van der Waals surface area contributed by atoms with Crippen LogP contribution in [0.25, 0.3) is 0 Å². The summed E-state index contributed by atoms with van der Waals surface area (Å²) in [6.07, 6.45) is 0. The lowest BCUT2D eigenvalue weighted by Gasteiger charge is -2.38. The number of nitrogens with zero attached hydrogens (tertiary/aromatic N) is 2. The van der Waals surface area contributed by atoms with Gasteiger partial charge in [-0.25, -0.2) is 0 Å². The first kappa shape index (κ1) is 13.2. The molecule has 1 fully saturated rings. The van der Waals surface area contributed by atoms with Crippen molar-refractivity contribution in [1.82, 2.24) is 4.90 Å². The van der Waals surface area contributed by atoms with Gasteiger partial charge in [0.2, 0.25) is 0 Å². The maximum absolute atomic E-state index is 5.71. The maximum Gasteiger partial charge on any atom is 0.120 e. The standard InChI is InChI=1S/C14H23N3O/c1-12(11-15)16-6-8-17(9-7-16)13-4-3-5-14(10-13)18-2/h3-5,10,12H,6-9,11,15H2,1-2H3. The third-order valence-electron chi connectivity index (χ3n) is 3.70. The van der Waals surface area contributed by atoms with E-state index < -0.39 is 0 Å². The van der Waals surface area contributed by atoms with Crippen molar-refractivity contribution in [1.29, 1.82) is 0 Å². The van der Waals surface area contributed by atoms with Gasteiger partial charge in [0.25, 0.3) is 0 Å². The molecule has 1 aliphatic rings. The van der Waals surface area contributed by atoms with Gasteiger partial charge in [0.1, 0.15) is 5.75 Å². The number of methoxy groups -OCH3 is 1. The van der Waals surface area contributed by atoms with Crippen LogP contribution in [-0.2, 0) is 0 Å². The van der Waals surface area contributed by atoms with Gasteiger partial charge in [0.15, 0.2) is 0 Å². The molecule has 1 heterocycles. The van der Waals surface area contributed by atoms with Crippen LogP contribution in [0.1, 0.15) is 6.92 Å². The van der Waals surface area contributed by atoms with Crippen molar-refractivity contribution in [2.45, 2.75) is 13.0 Å². The van der Waals surface area contributed by atoms with Crippen molar-refractivity contribution >= 4 is 5.69 Å². The largest absolute Gasteiger partial charge is 0.497 e. The molecule has 1 unspecified atom stereocenters. The quantitative estimate of drug-likeness (QED) is 0.869. The molecule has 4 heteroatoms. The second kappa shape index (κ2) is 6.07. The van der Waals surface area contributed by atoms with E-state index in [-0.39, 0.29) is 0 Å². The highest BCUT2D eigenvalue weighted by Crippen LogP contribution is 2.22. The van der Waals surface area contributed by atoms with E-state index in [1.54, 1.807) is 7.11 Å². The van der Waals surface area contributed by atoms with Crippen LogP contribution in [0.5, 0.6) is 5.75 Å². The Balaban J connectivity index is 1.96. The molecule has 4 nitrogen and oxygen atoms in total. The van der Waals surface area contributed by atoms with Crippen LogP contribution in [0, 0.1) is 0 Å². The predicted octanol–water partition coefficient (Wildman–Crippen LogP) is 1.16. The molecule has 1 aliphatic heterocycles. The van der Waals surface area contributed by atoms with E-state index in [1.165, 1.54) is 5.69 Å². The van der Waals surface area contributed by atoms with Gasteiger partial charge in [0.05, 0.1) is 7.11 Å². The number of anilines is 1. The number of nitrogens with two attached hydrogens (primary N) is 1. The average molecular weight is 249 g/mol. The maximum atomic E-state index is 5.71. The van der Waals surface area contributed by atoms with Gasteiger partial charge in [-0.2, -0.15) is 0 Å². The Kier molecular flexibility index (Phi) is 4.44. The van der Waals surface area contributed by atoms with Crippen molar-refractivity contribution in [3.8, 4) is 5.75 Å². The minimum absolute atomic E-state index is 0.484. The SMILES string of the molecule is COc1cccc(N2CCN(C(C)CN)CC2)c1. The van der Waals surface area contributed by atoms with E-state index in [0.29, 0.717) is 6.04 Å². The molecule has 0 aliphatic carbocycles. The van der Waals surface area contributed by atoms with Crippen LogP contribution in [-0.4, -0.2) is 50.8 Å². The molecule has 1 atom stereocenters. The zero-order valence-corrected chi connectivity index (χ0v) is 11.3. The van der Waals surface area contributed by atoms with Crippen molar-refractivity contribution in [2.75, 3.05) is 44.7 Å².